The third-order valence-electron chi connectivity index (χ3n) is 6.87. The number of rotatable bonds is 3. The molecule has 0 aliphatic carbocycles. The fourth-order valence-electron chi connectivity index (χ4n) is 5.11. The van der Waals surface area contributed by atoms with Gasteiger partial charge in [-0.3, -0.25) is 0 Å². The van der Waals surface area contributed by atoms with Crippen LogP contribution in [0.2, 0.25) is 0 Å². The number of hydrogen-bond acceptors (Lipinski definition) is 2. The van der Waals surface area contributed by atoms with E-state index in [0.29, 0.717) is 5.16 Å². The largest absolute Gasteiger partial charge is 0.300 e. The maximum absolute atomic E-state index is 6.89. The first kappa shape index (κ1) is 22.8. The zero-order valence-corrected chi connectivity index (χ0v) is 22.1. The SMILES string of the molecule is Cc1cccc(C)c1-c1ccc2c(c1)sc(C=C1C=C(Cl)N(c3ccccc3)c3ccccc31)[n+]2C. The minimum atomic E-state index is 0.687. The van der Waals surface area contributed by atoms with Crippen LogP contribution in [0.3, 0.4) is 0 Å². The summed E-state index contributed by atoms with van der Waals surface area (Å²) < 4.78 is 3.55. The van der Waals surface area contributed by atoms with Crippen LogP contribution in [0.25, 0.3) is 33.0 Å². The van der Waals surface area contributed by atoms with Crippen molar-refractivity contribution in [1.29, 1.82) is 0 Å². The van der Waals surface area contributed by atoms with Crippen molar-refractivity contribution in [3.8, 4) is 11.1 Å². The number of hydrogen-bond donors (Lipinski definition) is 0. The molecular weight excluding hydrogens is 480 g/mol. The highest BCUT2D eigenvalue weighted by Crippen LogP contribution is 2.43. The minimum absolute atomic E-state index is 0.687. The molecule has 1 aliphatic rings. The number of aromatic nitrogens is 1. The Labute approximate surface area is 221 Å². The van der Waals surface area contributed by atoms with Gasteiger partial charge in [-0.1, -0.05) is 77.5 Å². The second kappa shape index (κ2) is 9.09. The first-order valence-electron chi connectivity index (χ1n) is 12.0. The van der Waals surface area contributed by atoms with Crippen molar-refractivity contribution >= 4 is 56.2 Å². The van der Waals surface area contributed by atoms with E-state index < -0.39 is 0 Å². The van der Waals surface area contributed by atoms with Crippen LogP contribution in [0, 0.1) is 13.8 Å². The van der Waals surface area contributed by atoms with Gasteiger partial charge in [-0.05, 0) is 78.1 Å². The summed E-state index contributed by atoms with van der Waals surface area (Å²) in [6.07, 6.45) is 4.33. The van der Waals surface area contributed by atoms with Crippen LogP contribution < -0.4 is 9.47 Å². The van der Waals surface area contributed by atoms with Crippen molar-refractivity contribution in [2.45, 2.75) is 13.8 Å². The topological polar surface area (TPSA) is 7.12 Å². The lowest BCUT2D eigenvalue weighted by atomic mass is 9.96. The Morgan fingerprint density at radius 2 is 1.56 bits per heavy atom. The lowest BCUT2D eigenvalue weighted by Gasteiger charge is -2.30. The summed E-state index contributed by atoms with van der Waals surface area (Å²) in [5.74, 6) is 0. The second-order valence-electron chi connectivity index (χ2n) is 9.20. The average Bonchev–Trinajstić information content (AvgIpc) is 3.19. The van der Waals surface area contributed by atoms with Gasteiger partial charge in [-0.25, -0.2) is 0 Å². The highest BCUT2D eigenvalue weighted by atomic mass is 35.5. The van der Waals surface area contributed by atoms with Gasteiger partial charge in [0.25, 0.3) is 5.01 Å². The van der Waals surface area contributed by atoms with Crippen LogP contribution in [-0.2, 0) is 7.05 Å². The average molecular weight is 506 g/mol. The van der Waals surface area contributed by atoms with E-state index in [1.54, 1.807) is 0 Å². The Kier molecular flexibility index (Phi) is 5.75. The fraction of sp³-hybridized carbons (Fsp3) is 0.0938. The van der Waals surface area contributed by atoms with Crippen LogP contribution in [-0.4, -0.2) is 0 Å². The number of aryl methyl sites for hydroxylation is 3. The normalized spacial score (nSPS) is 14.3. The molecule has 0 fully saturated rings. The highest BCUT2D eigenvalue weighted by molar-refractivity contribution is 7.19. The monoisotopic (exact) mass is 505 g/mol. The van der Waals surface area contributed by atoms with E-state index in [1.165, 1.54) is 43.0 Å². The van der Waals surface area contributed by atoms with E-state index in [4.69, 9.17) is 11.6 Å². The maximum atomic E-state index is 6.89. The third-order valence-corrected chi connectivity index (χ3v) is 8.30. The van der Waals surface area contributed by atoms with E-state index in [-0.39, 0.29) is 0 Å². The molecule has 5 aromatic rings. The van der Waals surface area contributed by atoms with Gasteiger partial charge in [0.15, 0.2) is 0 Å². The number of para-hydroxylation sites is 2. The van der Waals surface area contributed by atoms with Crippen LogP contribution in [0.15, 0.2) is 102 Å². The molecule has 0 amide bonds. The molecule has 0 spiro atoms. The van der Waals surface area contributed by atoms with Crippen molar-refractivity contribution in [2.24, 2.45) is 7.05 Å². The van der Waals surface area contributed by atoms with Gasteiger partial charge in [-0.15, -0.1) is 0 Å². The van der Waals surface area contributed by atoms with Gasteiger partial charge in [0.2, 0.25) is 5.52 Å². The Morgan fingerprint density at radius 1 is 0.833 bits per heavy atom. The zero-order valence-electron chi connectivity index (χ0n) is 20.5. The van der Waals surface area contributed by atoms with E-state index >= 15 is 0 Å². The van der Waals surface area contributed by atoms with Crippen molar-refractivity contribution in [3.63, 3.8) is 0 Å². The number of benzene rings is 4. The molecule has 0 N–H and O–H groups in total. The fourth-order valence-corrected chi connectivity index (χ4v) is 6.56. The molecule has 0 atom stereocenters. The summed E-state index contributed by atoms with van der Waals surface area (Å²) in [7, 11) is 2.14. The van der Waals surface area contributed by atoms with E-state index in [0.717, 1.165) is 16.9 Å². The van der Waals surface area contributed by atoms with Gasteiger partial charge in [0.05, 0.1) is 5.69 Å². The van der Waals surface area contributed by atoms with Crippen molar-refractivity contribution in [1.82, 2.24) is 0 Å². The van der Waals surface area contributed by atoms with Gasteiger partial charge in [0, 0.05) is 23.4 Å². The molecule has 4 aromatic carbocycles. The molecule has 176 valence electrons. The molecule has 2 nitrogen and oxygen atoms in total. The quantitative estimate of drug-likeness (QED) is 0.175. The Morgan fingerprint density at radius 3 is 2.33 bits per heavy atom. The smallest absolute Gasteiger partial charge is 0.263 e. The molecule has 0 saturated heterocycles. The Bertz CT molecular complexity index is 1660. The standard InChI is InChI=1S/C32H26ClN2S/c1-21-10-9-11-22(2)32(21)23-16-17-28-29(18-23)36-31(34(28)3)20-24-19-30(33)35(25-12-5-4-6-13-25)27-15-8-7-14-26(24)27/h4-20H,1-3H3/q+1. The van der Waals surface area contributed by atoms with E-state index in [2.05, 4.69) is 115 Å². The predicted molar refractivity (Wildman–Crippen MR) is 155 cm³/mol. The number of nitrogens with zero attached hydrogens (tertiary/aromatic N) is 2. The van der Waals surface area contributed by atoms with Crippen LogP contribution in [0.1, 0.15) is 21.7 Å². The van der Waals surface area contributed by atoms with Crippen molar-refractivity contribution in [3.05, 3.63) is 124 Å². The molecule has 1 aliphatic heterocycles. The predicted octanol–water partition coefficient (Wildman–Crippen LogP) is 8.78. The minimum Gasteiger partial charge on any atom is -0.300 e. The molecular formula is C32H26ClN2S+. The summed E-state index contributed by atoms with van der Waals surface area (Å²) in [4.78, 5) is 2.11. The molecule has 2 heterocycles. The molecule has 6 rings (SSSR count). The van der Waals surface area contributed by atoms with E-state index in [1.807, 2.05) is 29.5 Å². The number of fused-ring (bicyclic) bond motifs is 2. The summed E-state index contributed by atoms with van der Waals surface area (Å²) >= 11 is 8.70. The van der Waals surface area contributed by atoms with Crippen LogP contribution >= 0.6 is 22.9 Å². The molecule has 0 bridgehead atoms. The summed E-state index contributed by atoms with van der Waals surface area (Å²) in [6, 6.07) is 32.0. The molecule has 0 unspecified atom stereocenters. The Hall–Kier alpha value is -3.66. The third kappa shape index (κ3) is 3.85. The van der Waals surface area contributed by atoms with Crippen molar-refractivity contribution in [2.75, 3.05) is 4.90 Å². The molecule has 4 heteroatoms. The number of thiazole rings is 1. The number of anilines is 2. The molecule has 0 radical (unpaired) electrons. The number of allylic oxidation sites excluding steroid dienone is 2. The first-order valence-corrected chi connectivity index (χ1v) is 13.2. The van der Waals surface area contributed by atoms with Gasteiger partial charge < -0.3 is 4.90 Å². The summed E-state index contributed by atoms with van der Waals surface area (Å²) in [6.45, 7) is 4.37. The molecule has 1 aromatic heterocycles. The first-order chi connectivity index (χ1) is 17.5. The lowest BCUT2D eigenvalue weighted by molar-refractivity contribution is -0.642. The van der Waals surface area contributed by atoms with Crippen LogP contribution in [0.5, 0.6) is 0 Å². The van der Waals surface area contributed by atoms with Crippen LogP contribution in [0.4, 0.5) is 11.4 Å². The van der Waals surface area contributed by atoms with Crippen molar-refractivity contribution < 1.29 is 4.57 Å². The van der Waals surface area contributed by atoms with Gasteiger partial charge >= 0.3 is 0 Å². The molecule has 36 heavy (non-hydrogen) atoms. The van der Waals surface area contributed by atoms with Gasteiger partial charge in [-0.2, -0.15) is 4.57 Å². The van der Waals surface area contributed by atoms with E-state index in [9.17, 15) is 0 Å². The summed E-state index contributed by atoms with van der Waals surface area (Å²) in [5, 5.41) is 1.87. The zero-order chi connectivity index (χ0) is 24.8. The maximum Gasteiger partial charge on any atom is 0.263 e. The Balaban J connectivity index is 1.46. The summed E-state index contributed by atoms with van der Waals surface area (Å²) in [5.41, 5.74) is 10.8. The molecule has 0 saturated carbocycles. The number of halogens is 1. The second-order valence-corrected chi connectivity index (χ2v) is 10.7. The highest BCUT2D eigenvalue weighted by Gasteiger charge is 2.25. The van der Waals surface area contributed by atoms with Gasteiger partial charge in [0.1, 0.15) is 16.9 Å². The lowest BCUT2D eigenvalue weighted by Crippen LogP contribution is -2.29.